The maximum absolute atomic E-state index is 10.5. The lowest BCUT2D eigenvalue weighted by Gasteiger charge is -2.59. The van der Waals surface area contributed by atoms with Crippen LogP contribution < -0.4 is 0 Å². The molecule has 3 aliphatic heterocycles. The van der Waals surface area contributed by atoms with E-state index in [-0.39, 0.29) is 17.0 Å². The normalized spacial score (nSPS) is 40.1. The Morgan fingerprint density at radius 3 is 2.76 bits per heavy atom. The van der Waals surface area contributed by atoms with Crippen LogP contribution in [0.5, 0.6) is 5.75 Å². The molecule has 5 unspecified atom stereocenters. The summed E-state index contributed by atoms with van der Waals surface area (Å²) >= 11 is 0. The minimum absolute atomic E-state index is 0. The molecule has 3 heterocycles. The Hall–Kier alpha value is -0.540. The van der Waals surface area contributed by atoms with Gasteiger partial charge in [-0.2, -0.15) is 0 Å². The van der Waals surface area contributed by atoms with Crippen molar-refractivity contribution in [2.24, 2.45) is 11.8 Å². The molecule has 1 aromatic carbocycles. The third-order valence-electron chi connectivity index (χ3n) is 6.62. The molecule has 1 N–H and O–H groups in total. The summed E-state index contributed by atoms with van der Waals surface area (Å²) in [6, 6.07) is 7.59. The van der Waals surface area contributed by atoms with Gasteiger partial charge in [-0.15, -0.1) is 17.0 Å². The van der Waals surface area contributed by atoms with Crippen LogP contribution in [-0.2, 0) is 0 Å². The van der Waals surface area contributed by atoms with Crippen LogP contribution in [0, 0.1) is 11.8 Å². The van der Waals surface area contributed by atoms with Crippen LogP contribution in [0.3, 0.4) is 0 Å². The van der Waals surface area contributed by atoms with E-state index in [1.807, 2.05) is 6.07 Å². The number of phenols is 1. The predicted molar refractivity (Wildman–Crippen MR) is 89.1 cm³/mol. The van der Waals surface area contributed by atoms with Crippen LogP contribution in [0.15, 0.2) is 18.2 Å². The molecule has 21 heavy (non-hydrogen) atoms. The maximum atomic E-state index is 10.5. The second kappa shape index (κ2) is 4.99. The first kappa shape index (κ1) is 14.1. The number of nitrogens with zero attached hydrogens (tertiary/aromatic N) is 1. The van der Waals surface area contributed by atoms with Gasteiger partial charge in [0.1, 0.15) is 5.75 Å². The molecule has 1 saturated carbocycles. The minimum Gasteiger partial charge on any atom is -0.508 e. The quantitative estimate of drug-likeness (QED) is 0.750. The van der Waals surface area contributed by atoms with Crippen LogP contribution in [0.1, 0.15) is 61.6 Å². The number of rotatable bonds is 0. The minimum atomic E-state index is 0. The Balaban J connectivity index is 0.00000115. The largest absolute Gasteiger partial charge is 0.508 e. The fourth-order valence-electron chi connectivity index (χ4n) is 6.10. The summed E-state index contributed by atoms with van der Waals surface area (Å²) < 4.78 is 0. The van der Waals surface area contributed by atoms with E-state index in [0.29, 0.717) is 23.8 Å². The van der Waals surface area contributed by atoms with Crippen molar-refractivity contribution in [3.05, 3.63) is 29.3 Å². The first-order valence-corrected chi connectivity index (χ1v) is 8.44. The van der Waals surface area contributed by atoms with E-state index in [9.17, 15) is 5.11 Å². The highest BCUT2D eigenvalue weighted by Gasteiger charge is 2.57. The summed E-state index contributed by atoms with van der Waals surface area (Å²) in [4.78, 5) is 2.82. The molecule has 3 fully saturated rings. The summed E-state index contributed by atoms with van der Waals surface area (Å²) in [7, 11) is 0. The van der Waals surface area contributed by atoms with E-state index in [1.165, 1.54) is 56.2 Å². The van der Waals surface area contributed by atoms with Gasteiger partial charge in [0.25, 0.3) is 0 Å². The fraction of sp³-hybridized carbons (Fsp3) is 0.667. The number of hydrogen-bond donors (Lipinski definition) is 1. The van der Waals surface area contributed by atoms with Crippen LogP contribution in [0.4, 0.5) is 0 Å². The van der Waals surface area contributed by atoms with Gasteiger partial charge in [0.2, 0.25) is 0 Å². The van der Waals surface area contributed by atoms with Gasteiger partial charge in [-0.3, -0.25) is 4.90 Å². The maximum Gasteiger partial charge on any atom is 0.119 e. The van der Waals surface area contributed by atoms with E-state index in [0.717, 1.165) is 11.8 Å². The molecule has 5 atom stereocenters. The standard InChI is InChI=1S/C18H23NO.BrH/c20-15-9-4-7-13-17(15)16-11-5-3-6-12(11)18(13)19-10-2-1-8-14(16)19;/h4,7,9,11-12,14,16,18,20H,1-3,5-6,8,10H2;1H. The molecule has 2 nitrogen and oxygen atoms in total. The van der Waals surface area contributed by atoms with Gasteiger partial charge in [-0.1, -0.05) is 25.0 Å². The van der Waals surface area contributed by atoms with Crippen molar-refractivity contribution < 1.29 is 5.11 Å². The average Bonchev–Trinajstić information content (AvgIpc) is 2.97. The summed E-state index contributed by atoms with van der Waals surface area (Å²) in [5.41, 5.74) is 2.81. The first-order valence-electron chi connectivity index (χ1n) is 8.44. The highest BCUT2D eigenvalue weighted by Crippen LogP contribution is 2.63. The Bertz CT molecular complexity index is 560. The van der Waals surface area contributed by atoms with Crippen LogP contribution in [-0.4, -0.2) is 22.6 Å². The Kier molecular flexibility index (Phi) is 3.34. The van der Waals surface area contributed by atoms with E-state index in [1.54, 1.807) is 0 Å². The zero-order chi connectivity index (χ0) is 13.3. The lowest BCUT2D eigenvalue weighted by Crippen LogP contribution is -2.58. The van der Waals surface area contributed by atoms with E-state index in [4.69, 9.17) is 0 Å². The molecule has 5 aliphatic rings. The molecule has 2 aliphatic carbocycles. The smallest absolute Gasteiger partial charge is 0.119 e. The van der Waals surface area contributed by atoms with Crippen molar-refractivity contribution >= 4 is 17.0 Å². The second-order valence-corrected chi connectivity index (χ2v) is 7.31. The number of phenolic OH excluding ortho intramolecular Hbond substituents is 1. The zero-order valence-corrected chi connectivity index (χ0v) is 14.1. The number of halogens is 1. The molecule has 1 aromatic rings. The van der Waals surface area contributed by atoms with Gasteiger partial charge in [-0.05, 0) is 55.7 Å². The van der Waals surface area contributed by atoms with Crippen molar-refractivity contribution in [1.29, 1.82) is 0 Å². The SMILES string of the molecule is Br.Oc1cccc2c1C1C3CCCC3C2N2CCCCC12. The van der Waals surface area contributed by atoms with Gasteiger partial charge < -0.3 is 5.11 Å². The molecule has 0 aromatic heterocycles. The predicted octanol–water partition coefficient (Wildman–Crippen LogP) is 4.39. The molecule has 0 radical (unpaired) electrons. The van der Waals surface area contributed by atoms with Gasteiger partial charge >= 0.3 is 0 Å². The lowest BCUT2D eigenvalue weighted by molar-refractivity contribution is -0.0449. The van der Waals surface area contributed by atoms with Crippen molar-refractivity contribution in [3.63, 3.8) is 0 Å². The van der Waals surface area contributed by atoms with Crippen LogP contribution >= 0.6 is 17.0 Å². The van der Waals surface area contributed by atoms with Crippen LogP contribution in [0.25, 0.3) is 0 Å². The molecular weight excluding hydrogens is 326 g/mol. The topological polar surface area (TPSA) is 23.5 Å². The number of benzene rings is 1. The van der Waals surface area contributed by atoms with Crippen molar-refractivity contribution in [3.8, 4) is 5.75 Å². The Morgan fingerprint density at radius 1 is 1.00 bits per heavy atom. The molecule has 0 amide bonds. The molecular formula is C18H24BrNO. The third kappa shape index (κ3) is 1.74. The molecule has 6 rings (SSSR count). The molecule has 114 valence electrons. The summed E-state index contributed by atoms with van der Waals surface area (Å²) in [6.07, 6.45) is 8.29. The molecule has 2 bridgehead atoms. The average molecular weight is 350 g/mol. The number of piperidine rings is 2. The van der Waals surface area contributed by atoms with Gasteiger partial charge in [-0.25, -0.2) is 0 Å². The Labute approximate surface area is 137 Å². The molecule has 2 saturated heterocycles. The van der Waals surface area contributed by atoms with Gasteiger partial charge in [0, 0.05) is 23.6 Å². The monoisotopic (exact) mass is 349 g/mol. The van der Waals surface area contributed by atoms with Gasteiger partial charge in [0.15, 0.2) is 0 Å². The summed E-state index contributed by atoms with van der Waals surface area (Å²) in [5, 5.41) is 10.5. The van der Waals surface area contributed by atoms with Gasteiger partial charge in [0.05, 0.1) is 0 Å². The van der Waals surface area contributed by atoms with E-state index < -0.39 is 0 Å². The highest BCUT2D eigenvalue weighted by atomic mass is 79.9. The summed E-state index contributed by atoms with van der Waals surface area (Å²) in [5.74, 6) is 2.90. The fourth-order valence-corrected chi connectivity index (χ4v) is 6.10. The molecule has 0 spiro atoms. The van der Waals surface area contributed by atoms with E-state index in [2.05, 4.69) is 17.0 Å². The van der Waals surface area contributed by atoms with Crippen molar-refractivity contribution in [1.82, 2.24) is 4.90 Å². The van der Waals surface area contributed by atoms with E-state index >= 15 is 0 Å². The lowest BCUT2D eigenvalue weighted by atomic mass is 9.59. The number of hydrogen-bond acceptors (Lipinski definition) is 2. The summed E-state index contributed by atoms with van der Waals surface area (Å²) in [6.45, 7) is 1.28. The highest BCUT2D eigenvalue weighted by molar-refractivity contribution is 8.93. The zero-order valence-electron chi connectivity index (χ0n) is 12.4. The molecule has 3 heteroatoms. The van der Waals surface area contributed by atoms with Crippen molar-refractivity contribution in [2.75, 3.05) is 6.54 Å². The second-order valence-electron chi connectivity index (χ2n) is 7.31. The third-order valence-corrected chi connectivity index (χ3v) is 6.62. The number of aromatic hydroxyl groups is 1. The Morgan fingerprint density at radius 2 is 1.86 bits per heavy atom. The first-order chi connectivity index (χ1) is 9.86. The van der Waals surface area contributed by atoms with Crippen molar-refractivity contribution in [2.45, 2.75) is 56.5 Å². The van der Waals surface area contributed by atoms with Crippen LogP contribution in [0.2, 0.25) is 0 Å².